The molecule has 1 saturated heterocycles. The lowest BCUT2D eigenvalue weighted by molar-refractivity contribution is -0.151. The summed E-state index contributed by atoms with van der Waals surface area (Å²) in [6.45, 7) is 3.56. The van der Waals surface area contributed by atoms with Crippen LogP contribution in [-0.2, 0) is 19.1 Å². The third-order valence-corrected chi connectivity index (χ3v) is 4.22. The van der Waals surface area contributed by atoms with Crippen LogP contribution in [0, 0.1) is 5.92 Å². The van der Waals surface area contributed by atoms with Gasteiger partial charge in [-0.3, -0.25) is 9.59 Å². The Bertz CT molecular complexity index is 373. The average molecular weight is 299 g/mol. The van der Waals surface area contributed by atoms with Crippen molar-refractivity contribution in [1.82, 2.24) is 4.90 Å². The number of hydrogen-bond acceptors (Lipinski definition) is 4. The summed E-state index contributed by atoms with van der Waals surface area (Å²) in [5.74, 6) is -0.296. The molecule has 3 atom stereocenters. The molecule has 0 unspecified atom stereocenters. The molecule has 1 aliphatic heterocycles. The average Bonchev–Trinajstić information content (AvgIpc) is 2.44. The molecule has 0 radical (unpaired) electrons. The molecule has 21 heavy (non-hydrogen) atoms. The second kappa shape index (κ2) is 7.75. The van der Waals surface area contributed by atoms with Gasteiger partial charge < -0.3 is 19.5 Å². The largest absolute Gasteiger partial charge is 0.481 e. The predicted molar refractivity (Wildman–Crippen MR) is 75.9 cm³/mol. The number of carbonyl (C=O) groups excluding carboxylic acids is 1. The summed E-state index contributed by atoms with van der Waals surface area (Å²) in [6.07, 6.45) is 4.18. The topological polar surface area (TPSA) is 76.1 Å². The van der Waals surface area contributed by atoms with E-state index in [2.05, 4.69) is 6.92 Å². The van der Waals surface area contributed by atoms with Gasteiger partial charge in [-0.25, -0.2) is 0 Å². The molecular weight excluding hydrogens is 274 g/mol. The molecule has 0 spiro atoms. The number of carboxylic acid groups (broad SMARTS) is 1. The van der Waals surface area contributed by atoms with Gasteiger partial charge in [-0.05, 0) is 18.8 Å². The molecule has 120 valence electrons. The zero-order chi connectivity index (χ0) is 15.2. The number of morpholine rings is 1. The third kappa shape index (κ3) is 5.28. The Hall–Kier alpha value is -1.14. The molecule has 1 N–H and O–H groups in total. The van der Waals surface area contributed by atoms with Gasteiger partial charge in [-0.15, -0.1) is 0 Å². The Morgan fingerprint density at radius 3 is 2.90 bits per heavy atom. The van der Waals surface area contributed by atoms with E-state index in [0.717, 1.165) is 19.3 Å². The number of rotatable bonds is 5. The fourth-order valence-electron chi connectivity index (χ4n) is 3.07. The molecule has 0 aromatic heterocycles. The maximum absolute atomic E-state index is 12.2. The highest BCUT2D eigenvalue weighted by Crippen LogP contribution is 2.25. The van der Waals surface area contributed by atoms with E-state index in [-0.39, 0.29) is 25.0 Å². The highest BCUT2D eigenvalue weighted by atomic mass is 16.5. The third-order valence-electron chi connectivity index (χ3n) is 4.22. The summed E-state index contributed by atoms with van der Waals surface area (Å²) in [5.41, 5.74) is 0. The summed E-state index contributed by atoms with van der Waals surface area (Å²) < 4.78 is 11.1. The van der Waals surface area contributed by atoms with Gasteiger partial charge in [0.15, 0.2) is 0 Å². The smallest absolute Gasteiger partial charge is 0.306 e. The standard InChI is InChI=1S/C15H25NO5/c1-11-3-2-4-12(7-11)21-10-14(17)16-5-6-20-13(9-16)8-15(18)19/h11-13H,2-10H2,1H3,(H,18,19)/t11-,12+,13-/m1/s1. The summed E-state index contributed by atoms with van der Waals surface area (Å²) >= 11 is 0. The summed E-state index contributed by atoms with van der Waals surface area (Å²) in [6, 6.07) is 0. The van der Waals surface area contributed by atoms with Gasteiger partial charge in [0, 0.05) is 13.1 Å². The maximum Gasteiger partial charge on any atom is 0.306 e. The van der Waals surface area contributed by atoms with E-state index in [1.165, 1.54) is 6.42 Å². The molecule has 2 rings (SSSR count). The van der Waals surface area contributed by atoms with E-state index < -0.39 is 12.1 Å². The van der Waals surface area contributed by atoms with Crippen molar-refractivity contribution in [2.75, 3.05) is 26.3 Å². The fraction of sp³-hybridized carbons (Fsp3) is 0.867. The molecule has 0 aromatic carbocycles. The first-order valence-electron chi connectivity index (χ1n) is 7.77. The van der Waals surface area contributed by atoms with Crippen LogP contribution in [-0.4, -0.2) is 60.4 Å². The summed E-state index contributed by atoms with van der Waals surface area (Å²) in [5, 5.41) is 8.78. The van der Waals surface area contributed by atoms with Crippen molar-refractivity contribution in [3.05, 3.63) is 0 Å². The fourth-order valence-corrected chi connectivity index (χ4v) is 3.07. The zero-order valence-corrected chi connectivity index (χ0v) is 12.6. The van der Waals surface area contributed by atoms with Crippen molar-refractivity contribution in [2.24, 2.45) is 5.92 Å². The molecule has 0 aromatic rings. The van der Waals surface area contributed by atoms with Gasteiger partial charge >= 0.3 is 5.97 Å². The van der Waals surface area contributed by atoms with Gasteiger partial charge in [-0.1, -0.05) is 19.8 Å². The van der Waals surface area contributed by atoms with Gasteiger partial charge in [0.05, 0.1) is 25.2 Å². The van der Waals surface area contributed by atoms with Crippen LogP contribution in [0.2, 0.25) is 0 Å². The van der Waals surface area contributed by atoms with Crippen LogP contribution in [0.4, 0.5) is 0 Å². The number of amides is 1. The molecule has 6 nitrogen and oxygen atoms in total. The van der Waals surface area contributed by atoms with Crippen molar-refractivity contribution < 1.29 is 24.2 Å². The van der Waals surface area contributed by atoms with Crippen LogP contribution >= 0.6 is 0 Å². The van der Waals surface area contributed by atoms with E-state index in [0.29, 0.717) is 25.6 Å². The van der Waals surface area contributed by atoms with Crippen LogP contribution in [0.15, 0.2) is 0 Å². The first-order chi connectivity index (χ1) is 10.0. The number of aliphatic carboxylic acids is 1. The van der Waals surface area contributed by atoms with Crippen molar-refractivity contribution >= 4 is 11.9 Å². The van der Waals surface area contributed by atoms with Crippen molar-refractivity contribution in [3.8, 4) is 0 Å². The Morgan fingerprint density at radius 1 is 1.38 bits per heavy atom. The Morgan fingerprint density at radius 2 is 2.19 bits per heavy atom. The lowest BCUT2D eigenvalue weighted by Gasteiger charge is -2.33. The van der Waals surface area contributed by atoms with Crippen molar-refractivity contribution in [2.45, 2.75) is 51.2 Å². The molecule has 0 bridgehead atoms. The van der Waals surface area contributed by atoms with Crippen molar-refractivity contribution in [1.29, 1.82) is 0 Å². The maximum atomic E-state index is 12.2. The second-order valence-electron chi connectivity index (χ2n) is 6.14. The lowest BCUT2D eigenvalue weighted by atomic mass is 9.89. The van der Waals surface area contributed by atoms with Gasteiger partial charge in [0.1, 0.15) is 6.61 Å². The van der Waals surface area contributed by atoms with E-state index in [9.17, 15) is 9.59 Å². The molecule has 1 heterocycles. The monoisotopic (exact) mass is 299 g/mol. The van der Waals surface area contributed by atoms with E-state index in [4.69, 9.17) is 14.6 Å². The number of nitrogens with zero attached hydrogens (tertiary/aromatic N) is 1. The van der Waals surface area contributed by atoms with Gasteiger partial charge in [0.25, 0.3) is 0 Å². The van der Waals surface area contributed by atoms with Crippen LogP contribution in [0.25, 0.3) is 0 Å². The first kappa shape index (κ1) is 16.2. The first-order valence-corrected chi connectivity index (χ1v) is 7.77. The van der Waals surface area contributed by atoms with E-state index >= 15 is 0 Å². The number of carbonyl (C=O) groups is 2. The SMILES string of the molecule is C[C@@H]1CCC[C@H](OCC(=O)N2CCO[C@H](CC(=O)O)C2)C1. The molecule has 1 saturated carbocycles. The minimum atomic E-state index is -0.901. The van der Waals surface area contributed by atoms with Crippen LogP contribution in [0.1, 0.15) is 39.0 Å². The molecule has 1 amide bonds. The van der Waals surface area contributed by atoms with Crippen LogP contribution in [0.5, 0.6) is 0 Å². The van der Waals surface area contributed by atoms with E-state index in [1.54, 1.807) is 4.90 Å². The molecule has 2 aliphatic rings. The van der Waals surface area contributed by atoms with Crippen LogP contribution in [0.3, 0.4) is 0 Å². The summed E-state index contributed by atoms with van der Waals surface area (Å²) in [7, 11) is 0. The van der Waals surface area contributed by atoms with Gasteiger partial charge in [0.2, 0.25) is 5.91 Å². The van der Waals surface area contributed by atoms with Gasteiger partial charge in [-0.2, -0.15) is 0 Å². The zero-order valence-electron chi connectivity index (χ0n) is 12.6. The van der Waals surface area contributed by atoms with Crippen LogP contribution < -0.4 is 0 Å². The number of carboxylic acids is 1. The molecule has 6 heteroatoms. The molecule has 1 aliphatic carbocycles. The highest BCUT2D eigenvalue weighted by molar-refractivity contribution is 5.77. The Kier molecular flexibility index (Phi) is 5.99. The minimum Gasteiger partial charge on any atom is -0.481 e. The van der Waals surface area contributed by atoms with E-state index in [1.807, 2.05) is 0 Å². The Labute approximate surface area is 125 Å². The number of hydrogen-bond donors (Lipinski definition) is 1. The number of ether oxygens (including phenoxy) is 2. The highest BCUT2D eigenvalue weighted by Gasteiger charge is 2.27. The van der Waals surface area contributed by atoms with Crippen molar-refractivity contribution in [3.63, 3.8) is 0 Å². The second-order valence-corrected chi connectivity index (χ2v) is 6.14. The molecule has 2 fully saturated rings. The Balaban J connectivity index is 1.73. The predicted octanol–water partition coefficient (Wildman–Crippen LogP) is 1.28. The minimum absolute atomic E-state index is 0.0630. The lowest BCUT2D eigenvalue weighted by Crippen LogP contribution is -2.47. The quantitative estimate of drug-likeness (QED) is 0.827. The molecular formula is C15H25NO5. The summed E-state index contributed by atoms with van der Waals surface area (Å²) in [4.78, 5) is 24.5. The normalized spacial score (nSPS) is 30.1.